The van der Waals surface area contributed by atoms with E-state index in [-0.39, 0.29) is 18.6 Å². The number of carbonyl (C=O) groups is 2. The fraction of sp³-hybridized carbons (Fsp3) is 0.542. The van der Waals surface area contributed by atoms with Crippen molar-refractivity contribution in [1.82, 2.24) is 10.2 Å². The molecular weight excluding hydrogens is 424 g/mol. The molecule has 2 aliphatic heterocycles. The van der Waals surface area contributed by atoms with Crippen molar-refractivity contribution >= 4 is 29.5 Å². The summed E-state index contributed by atoms with van der Waals surface area (Å²) in [5.74, 6) is 0.439. The van der Waals surface area contributed by atoms with E-state index in [0.29, 0.717) is 50.1 Å². The number of nitrogens with zero attached hydrogens (tertiary/aromatic N) is 2. The summed E-state index contributed by atoms with van der Waals surface area (Å²) in [7, 11) is 1.37. The minimum Gasteiger partial charge on any atom is -0.483 e. The second kappa shape index (κ2) is 10.2. The number of nitrogens with one attached hydrogen (secondary N) is 2. The largest absolute Gasteiger partial charge is 0.483 e. The Morgan fingerprint density at radius 3 is 2.67 bits per heavy atom. The number of fused-ring (bicyclic) bond motifs is 1. The number of amides is 2. The third-order valence-electron chi connectivity index (χ3n) is 6.34. The van der Waals surface area contributed by atoms with Crippen molar-refractivity contribution in [2.45, 2.75) is 44.7 Å². The lowest BCUT2D eigenvalue weighted by Crippen LogP contribution is -2.43. The summed E-state index contributed by atoms with van der Waals surface area (Å²) in [6.07, 6.45) is 6.38. The molecule has 0 aromatic heterocycles. The van der Waals surface area contributed by atoms with Crippen LogP contribution in [0.1, 0.15) is 37.3 Å². The summed E-state index contributed by atoms with van der Waals surface area (Å²) in [5.41, 5.74) is 2.97. The highest BCUT2D eigenvalue weighted by Gasteiger charge is 2.32. The molecule has 2 heterocycles. The molecule has 1 saturated heterocycles. The van der Waals surface area contributed by atoms with Crippen LogP contribution in [0.2, 0.25) is 0 Å². The predicted molar refractivity (Wildman–Crippen MR) is 125 cm³/mol. The molecule has 0 radical (unpaired) electrons. The molecule has 0 spiro atoms. The smallest absolute Gasteiger partial charge is 0.414 e. The number of rotatable bonds is 7. The Balaban J connectivity index is 1.68. The van der Waals surface area contributed by atoms with Crippen LogP contribution in [0, 0.1) is 5.41 Å². The van der Waals surface area contributed by atoms with Crippen molar-refractivity contribution in [1.29, 1.82) is 5.41 Å². The van der Waals surface area contributed by atoms with Crippen LogP contribution in [0.5, 0.6) is 5.75 Å². The Bertz CT molecular complexity index is 937. The molecule has 0 bridgehead atoms. The zero-order valence-electron chi connectivity index (χ0n) is 19.3. The van der Waals surface area contributed by atoms with Crippen LogP contribution in [-0.4, -0.2) is 75.2 Å². The van der Waals surface area contributed by atoms with Crippen LogP contribution in [0.25, 0.3) is 5.57 Å². The number of ether oxygens (including phenoxy) is 3. The molecule has 2 N–H and O–H groups in total. The van der Waals surface area contributed by atoms with Crippen LogP contribution < -0.4 is 15.0 Å². The minimum absolute atomic E-state index is 0.0204. The average Bonchev–Trinajstić information content (AvgIpc) is 3.67. The summed E-state index contributed by atoms with van der Waals surface area (Å²) < 4.78 is 16.5. The molecule has 1 atom stereocenters. The first-order valence-corrected chi connectivity index (χ1v) is 11.5. The van der Waals surface area contributed by atoms with E-state index < -0.39 is 6.09 Å². The lowest BCUT2D eigenvalue weighted by Gasteiger charge is -2.35. The topological polar surface area (TPSA) is 104 Å². The molecule has 33 heavy (non-hydrogen) atoms. The molecule has 1 aromatic rings. The van der Waals surface area contributed by atoms with Gasteiger partial charge in [-0.1, -0.05) is 0 Å². The summed E-state index contributed by atoms with van der Waals surface area (Å²) in [5, 5.41) is 11.3. The predicted octanol–water partition coefficient (Wildman–Crippen LogP) is 2.57. The number of morpholine rings is 1. The van der Waals surface area contributed by atoms with E-state index in [1.54, 1.807) is 9.80 Å². The van der Waals surface area contributed by atoms with Gasteiger partial charge in [0.15, 0.2) is 6.61 Å². The van der Waals surface area contributed by atoms with E-state index in [0.717, 1.165) is 36.1 Å². The van der Waals surface area contributed by atoms with Crippen molar-refractivity contribution in [2.75, 3.05) is 44.9 Å². The lowest BCUT2D eigenvalue weighted by atomic mass is 9.92. The first-order chi connectivity index (χ1) is 16.0. The van der Waals surface area contributed by atoms with Crippen molar-refractivity contribution in [2.24, 2.45) is 0 Å². The van der Waals surface area contributed by atoms with Crippen molar-refractivity contribution in [3.05, 3.63) is 29.5 Å². The molecule has 0 unspecified atom stereocenters. The van der Waals surface area contributed by atoms with Crippen LogP contribution >= 0.6 is 0 Å². The normalized spacial score (nSPS) is 20.7. The highest BCUT2D eigenvalue weighted by atomic mass is 16.5. The van der Waals surface area contributed by atoms with Gasteiger partial charge < -0.3 is 29.8 Å². The van der Waals surface area contributed by atoms with Gasteiger partial charge in [-0.05, 0) is 44.7 Å². The molecule has 3 aliphatic rings. The summed E-state index contributed by atoms with van der Waals surface area (Å²) in [6.45, 7) is 4.02. The maximum atomic E-state index is 12.8. The van der Waals surface area contributed by atoms with Crippen LogP contribution in [0.15, 0.2) is 18.3 Å². The SMILES string of the molecule is COC(=O)N1c2ccc(/C(C=N)=C/NC3CC3)c(OCC(=O)N3CCOCC3)c2CC[C@@H]1C. The van der Waals surface area contributed by atoms with E-state index in [4.69, 9.17) is 19.6 Å². The van der Waals surface area contributed by atoms with E-state index in [1.807, 2.05) is 25.3 Å². The van der Waals surface area contributed by atoms with Crippen molar-refractivity contribution in [3.63, 3.8) is 0 Å². The lowest BCUT2D eigenvalue weighted by molar-refractivity contribution is -0.137. The molecular formula is C24H32N4O5. The van der Waals surface area contributed by atoms with Gasteiger partial charge in [0.05, 0.1) is 26.0 Å². The molecule has 2 amide bonds. The quantitative estimate of drug-likeness (QED) is 0.611. The molecule has 1 saturated carbocycles. The van der Waals surface area contributed by atoms with Crippen molar-refractivity contribution < 1.29 is 23.8 Å². The highest BCUT2D eigenvalue weighted by Crippen LogP contribution is 2.41. The highest BCUT2D eigenvalue weighted by molar-refractivity contribution is 6.10. The first kappa shape index (κ1) is 23.1. The number of methoxy groups -OCH3 is 1. The maximum absolute atomic E-state index is 12.8. The first-order valence-electron chi connectivity index (χ1n) is 11.5. The van der Waals surface area contributed by atoms with E-state index in [9.17, 15) is 9.59 Å². The van der Waals surface area contributed by atoms with E-state index in [2.05, 4.69) is 5.32 Å². The maximum Gasteiger partial charge on any atom is 0.414 e. The van der Waals surface area contributed by atoms with Gasteiger partial charge in [0, 0.05) is 54.3 Å². The second-order valence-electron chi connectivity index (χ2n) is 8.63. The van der Waals surface area contributed by atoms with Gasteiger partial charge in [-0.3, -0.25) is 9.69 Å². The molecule has 4 rings (SSSR count). The van der Waals surface area contributed by atoms with Gasteiger partial charge in [0.1, 0.15) is 5.75 Å². The Labute approximate surface area is 194 Å². The van der Waals surface area contributed by atoms with Gasteiger partial charge in [0.2, 0.25) is 0 Å². The average molecular weight is 457 g/mol. The van der Waals surface area contributed by atoms with Crippen LogP contribution in [0.3, 0.4) is 0 Å². The Morgan fingerprint density at radius 1 is 1.24 bits per heavy atom. The molecule has 178 valence electrons. The van der Waals surface area contributed by atoms with Crippen molar-refractivity contribution in [3.8, 4) is 5.75 Å². The number of carbonyl (C=O) groups excluding carboxylic acids is 2. The van der Waals surface area contributed by atoms with E-state index >= 15 is 0 Å². The monoisotopic (exact) mass is 456 g/mol. The summed E-state index contributed by atoms with van der Waals surface area (Å²) >= 11 is 0. The molecule has 9 heteroatoms. The van der Waals surface area contributed by atoms with Gasteiger partial charge in [-0.15, -0.1) is 0 Å². The van der Waals surface area contributed by atoms with Gasteiger partial charge in [-0.25, -0.2) is 4.79 Å². The zero-order chi connectivity index (χ0) is 23.4. The van der Waals surface area contributed by atoms with Gasteiger partial charge in [-0.2, -0.15) is 0 Å². The Morgan fingerprint density at radius 2 is 2.00 bits per heavy atom. The molecule has 9 nitrogen and oxygen atoms in total. The Hall–Kier alpha value is -3.07. The number of allylic oxidation sites excluding steroid dienone is 1. The molecule has 1 aromatic carbocycles. The third-order valence-corrected chi connectivity index (χ3v) is 6.34. The van der Waals surface area contributed by atoms with E-state index in [1.165, 1.54) is 13.3 Å². The minimum atomic E-state index is -0.426. The zero-order valence-corrected chi connectivity index (χ0v) is 19.3. The summed E-state index contributed by atoms with van der Waals surface area (Å²) in [4.78, 5) is 28.7. The van der Waals surface area contributed by atoms with Crippen LogP contribution in [0.4, 0.5) is 10.5 Å². The Kier molecular flexibility index (Phi) is 7.17. The number of anilines is 1. The third kappa shape index (κ3) is 5.13. The molecule has 2 fully saturated rings. The number of hydrogen-bond acceptors (Lipinski definition) is 7. The van der Waals surface area contributed by atoms with Gasteiger partial charge in [0.25, 0.3) is 5.91 Å². The summed E-state index contributed by atoms with van der Waals surface area (Å²) in [6, 6.07) is 4.16. The fourth-order valence-electron chi connectivity index (χ4n) is 4.27. The standard InChI is InChI=1S/C24H32N4O5/c1-16-3-6-20-21(28(16)24(30)31-2)8-7-19(17(13-25)14-26-18-4-5-18)23(20)33-15-22(29)27-9-11-32-12-10-27/h7-8,13-14,16,18,25-26H,3-6,9-12,15H2,1-2H3/b17-14+,25-13?/t16-/m0/s1. The number of benzene rings is 1. The fourth-order valence-corrected chi connectivity index (χ4v) is 4.27. The molecule has 1 aliphatic carbocycles. The second-order valence-corrected chi connectivity index (χ2v) is 8.63. The van der Waals surface area contributed by atoms with Crippen LogP contribution in [-0.2, 0) is 20.7 Å². The van der Waals surface area contributed by atoms with Gasteiger partial charge >= 0.3 is 6.09 Å². The number of hydrogen-bond donors (Lipinski definition) is 2.